The number of primary amides is 1. The van der Waals surface area contributed by atoms with Gasteiger partial charge >= 0.3 is 0 Å². The summed E-state index contributed by atoms with van der Waals surface area (Å²) in [6.07, 6.45) is 2.14. The lowest BCUT2D eigenvalue weighted by Gasteiger charge is -2.25. The second-order valence-electron chi connectivity index (χ2n) is 5.40. The number of anilines is 2. The third-order valence-electron chi connectivity index (χ3n) is 4.04. The molecule has 1 aliphatic rings. The maximum absolute atomic E-state index is 11.4. The number of para-hydroxylation sites is 1. The summed E-state index contributed by atoms with van der Waals surface area (Å²) >= 11 is 0. The molecule has 3 rings (SSSR count). The Hall–Kier alpha value is -2.49. The van der Waals surface area contributed by atoms with E-state index in [4.69, 9.17) is 11.5 Å². The number of nitrogens with two attached hydrogens (primary N) is 2. The number of aryl methyl sites for hydroxylation is 1. The zero-order chi connectivity index (χ0) is 14.8. The molecule has 0 saturated heterocycles. The third-order valence-corrected chi connectivity index (χ3v) is 4.04. The third kappa shape index (κ3) is 2.57. The first kappa shape index (κ1) is 13.5. The van der Waals surface area contributed by atoms with Gasteiger partial charge in [0.2, 0.25) is 0 Å². The van der Waals surface area contributed by atoms with Gasteiger partial charge in [-0.15, -0.1) is 0 Å². The van der Waals surface area contributed by atoms with Crippen LogP contribution in [0.25, 0.3) is 0 Å². The molecule has 21 heavy (non-hydrogen) atoms. The second kappa shape index (κ2) is 5.48. The van der Waals surface area contributed by atoms with Gasteiger partial charge in [-0.1, -0.05) is 30.3 Å². The number of nitrogens with zero attached hydrogens (tertiary/aromatic N) is 1. The molecular formula is C17H19N3O. The Morgan fingerprint density at radius 3 is 2.57 bits per heavy atom. The number of carbonyl (C=O) groups excluding carboxylic acids is 1. The number of hydrogen-bond donors (Lipinski definition) is 2. The van der Waals surface area contributed by atoms with E-state index in [1.807, 2.05) is 12.1 Å². The summed E-state index contributed by atoms with van der Waals surface area (Å²) in [6, 6.07) is 13.9. The fraction of sp³-hybridized carbons (Fsp3) is 0.235. The lowest BCUT2D eigenvalue weighted by molar-refractivity contribution is 0.100. The van der Waals surface area contributed by atoms with E-state index in [0.717, 1.165) is 31.6 Å². The summed E-state index contributed by atoms with van der Waals surface area (Å²) < 4.78 is 0. The smallest absolute Gasteiger partial charge is 0.250 e. The lowest BCUT2D eigenvalue weighted by Crippen LogP contribution is -2.25. The van der Waals surface area contributed by atoms with Crippen molar-refractivity contribution < 1.29 is 4.79 Å². The molecule has 0 fully saturated rings. The van der Waals surface area contributed by atoms with Gasteiger partial charge in [0, 0.05) is 13.1 Å². The Kier molecular flexibility index (Phi) is 3.52. The first-order valence-electron chi connectivity index (χ1n) is 7.17. The van der Waals surface area contributed by atoms with E-state index in [-0.39, 0.29) is 0 Å². The zero-order valence-electron chi connectivity index (χ0n) is 11.9. The number of benzene rings is 2. The first-order valence-corrected chi connectivity index (χ1v) is 7.17. The maximum atomic E-state index is 11.4. The average Bonchev–Trinajstić information content (AvgIpc) is 2.69. The van der Waals surface area contributed by atoms with Crippen molar-refractivity contribution in [3.05, 3.63) is 59.2 Å². The molecule has 0 radical (unpaired) electrons. The van der Waals surface area contributed by atoms with Gasteiger partial charge in [0.15, 0.2) is 0 Å². The highest BCUT2D eigenvalue weighted by Gasteiger charge is 2.18. The van der Waals surface area contributed by atoms with Crippen molar-refractivity contribution in [2.45, 2.75) is 19.4 Å². The predicted molar refractivity (Wildman–Crippen MR) is 85.2 cm³/mol. The topological polar surface area (TPSA) is 72.4 Å². The molecule has 0 aliphatic carbocycles. The minimum Gasteiger partial charge on any atom is -0.396 e. The molecule has 0 spiro atoms. The summed E-state index contributed by atoms with van der Waals surface area (Å²) in [5.74, 6) is -0.482. The lowest BCUT2D eigenvalue weighted by atomic mass is 10.0. The summed E-state index contributed by atoms with van der Waals surface area (Å²) in [4.78, 5) is 13.7. The van der Waals surface area contributed by atoms with Crippen LogP contribution in [0.4, 0.5) is 11.4 Å². The van der Waals surface area contributed by atoms with Gasteiger partial charge in [-0.2, -0.15) is 0 Å². The minimum atomic E-state index is -0.482. The van der Waals surface area contributed by atoms with E-state index in [0.29, 0.717) is 11.3 Å². The van der Waals surface area contributed by atoms with Crippen LogP contribution in [0, 0.1) is 0 Å². The molecule has 0 unspecified atom stereocenters. The van der Waals surface area contributed by atoms with Gasteiger partial charge in [0.25, 0.3) is 5.91 Å². The zero-order valence-corrected chi connectivity index (χ0v) is 11.9. The van der Waals surface area contributed by atoms with Crippen LogP contribution in [-0.4, -0.2) is 12.5 Å². The van der Waals surface area contributed by atoms with Crippen LogP contribution in [-0.2, 0) is 13.0 Å². The number of amides is 1. The number of fused-ring (bicyclic) bond motifs is 1. The highest BCUT2D eigenvalue weighted by molar-refractivity contribution is 6.00. The Morgan fingerprint density at radius 2 is 1.81 bits per heavy atom. The van der Waals surface area contributed by atoms with Crippen LogP contribution in [0.2, 0.25) is 0 Å². The summed E-state index contributed by atoms with van der Waals surface area (Å²) in [7, 11) is 0. The van der Waals surface area contributed by atoms with Crippen molar-refractivity contribution in [2.24, 2.45) is 5.73 Å². The fourth-order valence-corrected chi connectivity index (χ4v) is 2.95. The fourth-order valence-electron chi connectivity index (χ4n) is 2.95. The van der Waals surface area contributed by atoms with Crippen molar-refractivity contribution >= 4 is 17.3 Å². The Morgan fingerprint density at radius 1 is 1.05 bits per heavy atom. The van der Waals surface area contributed by atoms with Gasteiger partial charge in [0.1, 0.15) is 0 Å². The van der Waals surface area contributed by atoms with Crippen LogP contribution in [0.3, 0.4) is 0 Å². The van der Waals surface area contributed by atoms with E-state index in [9.17, 15) is 4.79 Å². The van der Waals surface area contributed by atoms with Gasteiger partial charge in [-0.05, 0) is 36.1 Å². The van der Waals surface area contributed by atoms with Crippen LogP contribution in [0.1, 0.15) is 27.9 Å². The second-order valence-corrected chi connectivity index (χ2v) is 5.40. The molecule has 2 aromatic carbocycles. The molecule has 4 heteroatoms. The maximum Gasteiger partial charge on any atom is 0.250 e. The highest BCUT2D eigenvalue weighted by Crippen LogP contribution is 2.30. The molecule has 0 aromatic heterocycles. The average molecular weight is 281 g/mol. The van der Waals surface area contributed by atoms with Gasteiger partial charge in [-0.3, -0.25) is 4.79 Å². The largest absolute Gasteiger partial charge is 0.396 e. The first-order chi connectivity index (χ1) is 10.2. The SMILES string of the molecule is NC(=O)c1cccc(N2CCCc3ccccc3C2)c1N. The molecular weight excluding hydrogens is 262 g/mol. The molecule has 1 aliphatic heterocycles. The molecule has 2 aromatic rings. The molecule has 4 nitrogen and oxygen atoms in total. The number of nitrogen functional groups attached to an aromatic ring is 1. The molecule has 108 valence electrons. The molecule has 1 heterocycles. The van der Waals surface area contributed by atoms with E-state index < -0.39 is 5.91 Å². The van der Waals surface area contributed by atoms with Gasteiger partial charge < -0.3 is 16.4 Å². The Bertz CT molecular complexity index is 681. The van der Waals surface area contributed by atoms with E-state index >= 15 is 0 Å². The summed E-state index contributed by atoms with van der Waals surface area (Å²) in [5.41, 5.74) is 16.0. The van der Waals surface area contributed by atoms with Crippen molar-refractivity contribution in [1.82, 2.24) is 0 Å². The van der Waals surface area contributed by atoms with Crippen LogP contribution < -0.4 is 16.4 Å². The van der Waals surface area contributed by atoms with Crippen molar-refractivity contribution in [3.8, 4) is 0 Å². The molecule has 4 N–H and O–H groups in total. The predicted octanol–water partition coefficient (Wildman–Crippen LogP) is 2.32. The highest BCUT2D eigenvalue weighted by atomic mass is 16.1. The van der Waals surface area contributed by atoms with Crippen molar-refractivity contribution in [3.63, 3.8) is 0 Å². The molecule has 0 bridgehead atoms. The van der Waals surface area contributed by atoms with Crippen LogP contribution in [0.5, 0.6) is 0 Å². The number of hydrogen-bond acceptors (Lipinski definition) is 3. The van der Waals surface area contributed by atoms with E-state index in [1.54, 1.807) is 6.07 Å². The monoisotopic (exact) mass is 281 g/mol. The Balaban J connectivity index is 1.98. The molecule has 0 saturated carbocycles. The Labute approximate surface area is 124 Å². The van der Waals surface area contributed by atoms with E-state index in [1.165, 1.54) is 11.1 Å². The van der Waals surface area contributed by atoms with Gasteiger partial charge in [-0.25, -0.2) is 0 Å². The number of rotatable bonds is 2. The van der Waals surface area contributed by atoms with E-state index in [2.05, 4.69) is 29.2 Å². The van der Waals surface area contributed by atoms with Crippen molar-refractivity contribution in [1.29, 1.82) is 0 Å². The molecule has 0 atom stereocenters. The van der Waals surface area contributed by atoms with Gasteiger partial charge in [0.05, 0.1) is 16.9 Å². The standard InChI is InChI=1S/C17H19N3O/c18-16-14(17(19)21)8-3-9-15(16)20-10-4-7-12-5-1-2-6-13(12)11-20/h1-3,5-6,8-9H,4,7,10-11,18H2,(H2,19,21). The summed E-state index contributed by atoms with van der Waals surface area (Å²) in [6.45, 7) is 1.73. The number of carbonyl (C=O) groups is 1. The van der Waals surface area contributed by atoms with Crippen molar-refractivity contribution in [2.75, 3.05) is 17.2 Å². The minimum absolute atomic E-state index is 0.394. The summed E-state index contributed by atoms with van der Waals surface area (Å²) in [5, 5.41) is 0. The van der Waals surface area contributed by atoms with Crippen LogP contribution >= 0.6 is 0 Å². The quantitative estimate of drug-likeness (QED) is 0.830. The van der Waals surface area contributed by atoms with Crippen LogP contribution in [0.15, 0.2) is 42.5 Å². The normalized spacial score (nSPS) is 14.4. The molecule has 1 amide bonds.